The summed E-state index contributed by atoms with van der Waals surface area (Å²) in [5, 5.41) is 6.01. The molecular weight excluding hydrogens is 240 g/mol. The summed E-state index contributed by atoms with van der Waals surface area (Å²) >= 11 is 0. The van der Waals surface area contributed by atoms with Crippen LogP contribution in [0.3, 0.4) is 0 Å². The molecule has 0 aliphatic rings. The standard InChI is InChI=1S/C14H24N4O/c1-4-15-13-9-7-8-12(17-13)10-18(6-3)11-14(19)16-5-2/h7-9H,4-6,10-11H2,1-3H3,(H,15,17)(H,16,19). The predicted octanol–water partition coefficient (Wildman–Crippen LogP) is 1.47. The van der Waals surface area contributed by atoms with Gasteiger partial charge in [-0.25, -0.2) is 4.98 Å². The molecule has 2 N–H and O–H groups in total. The summed E-state index contributed by atoms with van der Waals surface area (Å²) < 4.78 is 0. The molecule has 1 amide bonds. The molecule has 0 aromatic carbocycles. The zero-order valence-electron chi connectivity index (χ0n) is 12.1. The second kappa shape index (κ2) is 8.48. The fourth-order valence-electron chi connectivity index (χ4n) is 1.81. The summed E-state index contributed by atoms with van der Waals surface area (Å²) in [6, 6.07) is 5.93. The largest absolute Gasteiger partial charge is 0.370 e. The number of rotatable bonds is 8. The quantitative estimate of drug-likeness (QED) is 0.746. The van der Waals surface area contributed by atoms with Crippen LogP contribution in [0.4, 0.5) is 5.82 Å². The number of amides is 1. The zero-order valence-corrected chi connectivity index (χ0v) is 12.1. The molecule has 0 aliphatic heterocycles. The number of nitrogens with zero attached hydrogens (tertiary/aromatic N) is 2. The van der Waals surface area contributed by atoms with Crippen LogP contribution in [0, 0.1) is 0 Å². The lowest BCUT2D eigenvalue weighted by atomic mass is 10.3. The van der Waals surface area contributed by atoms with Crippen LogP contribution in [0.1, 0.15) is 26.5 Å². The lowest BCUT2D eigenvalue weighted by molar-refractivity contribution is -0.122. The number of hydrogen-bond acceptors (Lipinski definition) is 4. The molecular formula is C14H24N4O. The van der Waals surface area contributed by atoms with E-state index < -0.39 is 0 Å². The zero-order chi connectivity index (χ0) is 14.1. The molecule has 0 saturated carbocycles. The number of hydrogen-bond donors (Lipinski definition) is 2. The van der Waals surface area contributed by atoms with Gasteiger partial charge >= 0.3 is 0 Å². The topological polar surface area (TPSA) is 57.3 Å². The monoisotopic (exact) mass is 264 g/mol. The summed E-state index contributed by atoms with van der Waals surface area (Å²) in [6.07, 6.45) is 0. The third kappa shape index (κ3) is 5.70. The van der Waals surface area contributed by atoms with Crippen LogP contribution in [-0.4, -0.2) is 42.0 Å². The number of likely N-dealkylation sites (N-methyl/N-ethyl adjacent to an activating group) is 2. The number of aromatic nitrogens is 1. The first kappa shape index (κ1) is 15.4. The predicted molar refractivity (Wildman–Crippen MR) is 78.0 cm³/mol. The van der Waals surface area contributed by atoms with E-state index in [0.29, 0.717) is 19.6 Å². The van der Waals surface area contributed by atoms with E-state index in [1.165, 1.54) is 0 Å². The van der Waals surface area contributed by atoms with Gasteiger partial charge in [0.05, 0.1) is 12.2 Å². The Morgan fingerprint density at radius 2 is 2.05 bits per heavy atom. The van der Waals surface area contributed by atoms with Gasteiger partial charge in [-0.2, -0.15) is 0 Å². The van der Waals surface area contributed by atoms with Gasteiger partial charge in [0.1, 0.15) is 5.82 Å². The van der Waals surface area contributed by atoms with Crippen LogP contribution in [0.2, 0.25) is 0 Å². The molecule has 0 saturated heterocycles. The average Bonchev–Trinajstić information content (AvgIpc) is 2.39. The summed E-state index contributed by atoms with van der Waals surface area (Å²) in [5.74, 6) is 0.946. The molecule has 1 aromatic rings. The molecule has 0 fully saturated rings. The third-order valence-electron chi connectivity index (χ3n) is 2.74. The number of pyridine rings is 1. The Morgan fingerprint density at radius 1 is 1.26 bits per heavy atom. The highest BCUT2D eigenvalue weighted by Crippen LogP contribution is 2.07. The Labute approximate surface area is 115 Å². The van der Waals surface area contributed by atoms with E-state index >= 15 is 0 Å². The van der Waals surface area contributed by atoms with Gasteiger partial charge in [-0.1, -0.05) is 13.0 Å². The van der Waals surface area contributed by atoms with Crippen LogP contribution in [0.5, 0.6) is 0 Å². The first-order chi connectivity index (χ1) is 9.19. The van der Waals surface area contributed by atoms with Gasteiger partial charge in [0.15, 0.2) is 0 Å². The third-order valence-corrected chi connectivity index (χ3v) is 2.74. The summed E-state index contributed by atoms with van der Waals surface area (Å²) in [7, 11) is 0. The highest BCUT2D eigenvalue weighted by Gasteiger charge is 2.09. The maximum Gasteiger partial charge on any atom is 0.234 e. The molecule has 106 valence electrons. The van der Waals surface area contributed by atoms with Crippen molar-refractivity contribution in [3.63, 3.8) is 0 Å². The van der Waals surface area contributed by atoms with Crippen molar-refractivity contribution < 1.29 is 4.79 Å². The minimum absolute atomic E-state index is 0.0622. The van der Waals surface area contributed by atoms with Crippen LogP contribution in [-0.2, 0) is 11.3 Å². The molecule has 5 nitrogen and oxygen atoms in total. The van der Waals surface area contributed by atoms with Crippen molar-refractivity contribution in [3.8, 4) is 0 Å². The SMILES string of the molecule is CCNC(=O)CN(CC)Cc1cccc(NCC)n1. The van der Waals surface area contributed by atoms with E-state index in [2.05, 4.69) is 20.5 Å². The van der Waals surface area contributed by atoms with Crippen molar-refractivity contribution in [2.24, 2.45) is 0 Å². The van der Waals surface area contributed by atoms with E-state index in [1.54, 1.807) is 0 Å². The van der Waals surface area contributed by atoms with Crippen molar-refractivity contribution in [1.82, 2.24) is 15.2 Å². The molecule has 0 spiro atoms. The number of anilines is 1. The summed E-state index contributed by atoms with van der Waals surface area (Å²) in [5.41, 5.74) is 0.976. The smallest absolute Gasteiger partial charge is 0.234 e. The second-order valence-corrected chi connectivity index (χ2v) is 4.30. The summed E-state index contributed by atoms with van der Waals surface area (Å²) in [6.45, 7) is 9.47. The molecule has 0 aliphatic carbocycles. The van der Waals surface area contributed by atoms with Gasteiger partial charge in [-0.05, 0) is 32.5 Å². The minimum atomic E-state index is 0.0622. The lowest BCUT2D eigenvalue weighted by Gasteiger charge is -2.19. The van der Waals surface area contributed by atoms with E-state index in [9.17, 15) is 4.79 Å². The van der Waals surface area contributed by atoms with Crippen molar-refractivity contribution in [2.45, 2.75) is 27.3 Å². The van der Waals surface area contributed by atoms with E-state index in [1.807, 2.05) is 39.0 Å². The molecule has 0 radical (unpaired) electrons. The molecule has 0 bridgehead atoms. The second-order valence-electron chi connectivity index (χ2n) is 4.30. The van der Waals surface area contributed by atoms with E-state index in [4.69, 9.17) is 0 Å². The van der Waals surface area contributed by atoms with Crippen molar-refractivity contribution in [3.05, 3.63) is 23.9 Å². The number of carbonyl (C=O) groups is 1. The summed E-state index contributed by atoms with van der Waals surface area (Å²) in [4.78, 5) is 18.2. The Morgan fingerprint density at radius 3 is 2.68 bits per heavy atom. The first-order valence-corrected chi connectivity index (χ1v) is 6.88. The van der Waals surface area contributed by atoms with Gasteiger partial charge in [-0.3, -0.25) is 9.69 Å². The van der Waals surface area contributed by atoms with Crippen LogP contribution >= 0.6 is 0 Å². The Hall–Kier alpha value is -1.62. The van der Waals surface area contributed by atoms with Gasteiger partial charge in [0.2, 0.25) is 5.91 Å². The highest BCUT2D eigenvalue weighted by atomic mass is 16.2. The Balaban J connectivity index is 2.59. The molecule has 1 rings (SSSR count). The van der Waals surface area contributed by atoms with Gasteiger partial charge in [0.25, 0.3) is 0 Å². The van der Waals surface area contributed by atoms with Gasteiger partial charge in [-0.15, -0.1) is 0 Å². The molecule has 0 unspecified atom stereocenters. The average molecular weight is 264 g/mol. The molecule has 1 heterocycles. The van der Waals surface area contributed by atoms with Crippen molar-refractivity contribution in [1.29, 1.82) is 0 Å². The maximum absolute atomic E-state index is 11.6. The fraction of sp³-hybridized carbons (Fsp3) is 0.571. The van der Waals surface area contributed by atoms with Gasteiger partial charge < -0.3 is 10.6 Å². The van der Waals surface area contributed by atoms with Crippen molar-refractivity contribution >= 4 is 11.7 Å². The van der Waals surface area contributed by atoms with Crippen LogP contribution < -0.4 is 10.6 Å². The number of nitrogens with one attached hydrogen (secondary N) is 2. The fourth-order valence-corrected chi connectivity index (χ4v) is 1.81. The van der Waals surface area contributed by atoms with Crippen molar-refractivity contribution in [2.75, 3.05) is 31.5 Å². The maximum atomic E-state index is 11.6. The molecule has 1 aromatic heterocycles. The highest BCUT2D eigenvalue weighted by molar-refractivity contribution is 5.77. The first-order valence-electron chi connectivity index (χ1n) is 6.88. The van der Waals surface area contributed by atoms with Crippen LogP contribution in [0.25, 0.3) is 0 Å². The lowest BCUT2D eigenvalue weighted by Crippen LogP contribution is -2.36. The normalized spacial score (nSPS) is 10.5. The van der Waals surface area contributed by atoms with E-state index in [0.717, 1.165) is 24.6 Å². The molecule has 0 atom stereocenters. The van der Waals surface area contributed by atoms with Crippen LogP contribution in [0.15, 0.2) is 18.2 Å². The Bertz CT molecular complexity index is 395. The Kier molecular flexibility index (Phi) is 6.89. The minimum Gasteiger partial charge on any atom is -0.370 e. The molecule has 19 heavy (non-hydrogen) atoms. The molecule has 5 heteroatoms. The van der Waals surface area contributed by atoms with Gasteiger partial charge in [0, 0.05) is 19.6 Å². The number of carbonyl (C=O) groups excluding carboxylic acids is 1. The van der Waals surface area contributed by atoms with E-state index in [-0.39, 0.29) is 5.91 Å².